The van der Waals surface area contributed by atoms with Crippen LogP contribution in [-0.2, 0) is 4.79 Å². The first-order valence-electron chi connectivity index (χ1n) is 6.40. The lowest BCUT2D eigenvalue weighted by Gasteiger charge is -2.19. The quantitative estimate of drug-likeness (QED) is 0.886. The Morgan fingerprint density at radius 2 is 2.00 bits per heavy atom. The standard InChI is InChI=1S/C16H16FNO3/c1-10-7-11(17)9-12(8-10)18-15(16(19)20)13-5-3-4-6-14(13)21-2/h3-9,15,18H,1-2H3,(H,19,20). The Morgan fingerprint density at radius 1 is 1.29 bits per heavy atom. The number of carboxylic acids is 1. The van der Waals surface area contributed by atoms with E-state index in [1.165, 1.54) is 19.2 Å². The molecule has 0 amide bonds. The third kappa shape index (κ3) is 3.51. The molecule has 0 bridgehead atoms. The molecule has 0 spiro atoms. The maximum Gasteiger partial charge on any atom is 0.330 e. The predicted octanol–water partition coefficient (Wildman–Crippen LogP) is 3.38. The smallest absolute Gasteiger partial charge is 0.330 e. The van der Waals surface area contributed by atoms with Crippen molar-refractivity contribution in [1.82, 2.24) is 0 Å². The van der Waals surface area contributed by atoms with Gasteiger partial charge in [-0.1, -0.05) is 18.2 Å². The molecule has 4 nitrogen and oxygen atoms in total. The Labute approximate surface area is 122 Å². The highest BCUT2D eigenvalue weighted by Gasteiger charge is 2.23. The van der Waals surface area contributed by atoms with Crippen molar-refractivity contribution in [1.29, 1.82) is 0 Å². The molecule has 2 aromatic carbocycles. The molecule has 1 unspecified atom stereocenters. The van der Waals surface area contributed by atoms with E-state index in [4.69, 9.17) is 4.74 Å². The molecule has 1 atom stereocenters. The fourth-order valence-electron chi connectivity index (χ4n) is 2.16. The molecule has 0 saturated carbocycles. The minimum atomic E-state index is -1.07. The van der Waals surface area contributed by atoms with Crippen molar-refractivity contribution in [2.24, 2.45) is 0 Å². The number of aryl methyl sites for hydroxylation is 1. The maximum atomic E-state index is 13.4. The summed E-state index contributed by atoms with van der Waals surface area (Å²) in [5.74, 6) is -1.02. The number of hydrogen-bond acceptors (Lipinski definition) is 3. The summed E-state index contributed by atoms with van der Waals surface area (Å²) < 4.78 is 18.6. The lowest BCUT2D eigenvalue weighted by molar-refractivity contribution is -0.138. The molecule has 2 N–H and O–H groups in total. The largest absolute Gasteiger partial charge is 0.496 e. The first-order valence-corrected chi connectivity index (χ1v) is 6.40. The molecular weight excluding hydrogens is 273 g/mol. The van der Waals surface area contributed by atoms with Crippen molar-refractivity contribution in [3.05, 3.63) is 59.4 Å². The zero-order valence-corrected chi connectivity index (χ0v) is 11.8. The number of anilines is 1. The van der Waals surface area contributed by atoms with Crippen LogP contribution in [-0.4, -0.2) is 18.2 Å². The molecule has 0 aliphatic heterocycles. The average Bonchev–Trinajstić information content (AvgIpc) is 2.43. The SMILES string of the molecule is COc1ccccc1C(Nc1cc(C)cc(F)c1)C(=O)O. The number of para-hydroxylation sites is 1. The second kappa shape index (κ2) is 6.26. The van der Waals surface area contributed by atoms with Gasteiger partial charge in [0.25, 0.3) is 0 Å². The Kier molecular flexibility index (Phi) is 4.42. The van der Waals surface area contributed by atoms with Crippen molar-refractivity contribution in [2.75, 3.05) is 12.4 Å². The molecule has 0 aliphatic carbocycles. The highest BCUT2D eigenvalue weighted by atomic mass is 19.1. The van der Waals surface area contributed by atoms with Crippen molar-refractivity contribution in [3.63, 3.8) is 0 Å². The number of ether oxygens (including phenoxy) is 1. The van der Waals surface area contributed by atoms with Gasteiger partial charge in [0, 0.05) is 11.3 Å². The maximum absolute atomic E-state index is 13.4. The molecule has 0 saturated heterocycles. The van der Waals surface area contributed by atoms with Gasteiger partial charge in [0.2, 0.25) is 0 Å². The van der Waals surface area contributed by atoms with E-state index in [2.05, 4.69) is 5.32 Å². The zero-order valence-electron chi connectivity index (χ0n) is 11.8. The molecule has 21 heavy (non-hydrogen) atoms. The number of aliphatic carboxylic acids is 1. The van der Waals surface area contributed by atoms with Gasteiger partial charge in [-0.15, -0.1) is 0 Å². The van der Waals surface area contributed by atoms with Crippen LogP contribution in [0.5, 0.6) is 5.75 Å². The fraction of sp³-hybridized carbons (Fsp3) is 0.188. The number of methoxy groups -OCH3 is 1. The molecular formula is C16H16FNO3. The summed E-state index contributed by atoms with van der Waals surface area (Å²) in [7, 11) is 1.48. The molecule has 0 fully saturated rings. The molecule has 0 heterocycles. The van der Waals surface area contributed by atoms with E-state index in [1.54, 1.807) is 37.3 Å². The summed E-state index contributed by atoms with van der Waals surface area (Å²) in [5.41, 5.74) is 1.60. The van der Waals surface area contributed by atoms with Gasteiger partial charge in [-0.3, -0.25) is 0 Å². The molecule has 110 valence electrons. The van der Waals surface area contributed by atoms with E-state index in [-0.39, 0.29) is 0 Å². The second-order valence-corrected chi connectivity index (χ2v) is 4.67. The Hall–Kier alpha value is -2.56. The van der Waals surface area contributed by atoms with Crippen LogP contribution in [0.2, 0.25) is 0 Å². The summed E-state index contributed by atoms with van der Waals surface area (Å²) in [6, 6.07) is 10.1. The van der Waals surface area contributed by atoms with Gasteiger partial charge in [-0.25, -0.2) is 9.18 Å². The number of halogens is 1. The lowest BCUT2D eigenvalue weighted by atomic mass is 10.0. The van der Waals surface area contributed by atoms with Gasteiger partial charge in [0.1, 0.15) is 11.6 Å². The highest BCUT2D eigenvalue weighted by Crippen LogP contribution is 2.28. The Balaban J connectivity index is 2.38. The normalized spacial score (nSPS) is 11.8. The van der Waals surface area contributed by atoms with Gasteiger partial charge >= 0.3 is 5.97 Å². The highest BCUT2D eigenvalue weighted by molar-refractivity contribution is 5.80. The van der Waals surface area contributed by atoms with Crippen molar-refractivity contribution < 1.29 is 19.0 Å². The Morgan fingerprint density at radius 3 is 2.62 bits per heavy atom. The van der Waals surface area contributed by atoms with Gasteiger partial charge in [-0.2, -0.15) is 0 Å². The van der Waals surface area contributed by atoms with Gasteiger partial charge in [0.15, 0.2) is 6.04 Å². The number of carbonyl (C=O) groups is 1. The van der Waals surface area contributed by atoms with Crippen LogP contribution in [0.4, 0.5) is 10.1 Å². The van der Waals surface area contributed by atoms with E-state index in [9.17, 15) is 14.3 Å². The molecule has 0 radical (unpaired) electrons. The van der Waals surface area contributed by atoms with Gasteiger partial charge < -0.3 is 15.2 Å². The molecule has 2 rings (SSSR count). The molecule has 2 aromatic rings. The third-order valence-electron chi connectivity index (χ3n) is 3.05. The molecule has 5 heteroatoms. The van der Waals surface area contributed by atoms with Crippen LogP contribution in [0.15, 0.2) is 42.5 Å². The first kappa shape index (κ1) is 14.8. The van der Waals surface area contributed by atoms with E-state index in [1.807, 2.05) is 0 Å². The number of carboxylic acid groups (broad SMARTS) is 1. The van der Waals surface area contributed by atoms with E-state index in [0.717, 1.165) is 0 Å². The van der Waals surface area contributed by atoms with E-state index in [0.29, 0.717) is 22.6 Å². The summed E-state index contributed by atoms with van der Waals surface area (Å²) in [6.07, 6.45) is 0. The molecule has 0 aromatic heterocycles. The molecule has 0 aliphatic rings. The Bertz CT molecular complexity index is 637. The van der Waals surface area contributed by atoms with Crippen molar-refractivity contribution >= 4 is 11.7 Å². The summed E-state index contributed by atoms with van der Waals surface area (Å²) in [5, 5.41) is 12.3. The number of benzene rings is 2. The number of hydrogen-bond donors (Lipinski definition) is 2. The van der Waals surface area contributed by atoms with Gasteiger partial charge in [0.05, 0.1) is 7.11 Å². The summed E-state index contributed by atoms with van der Waals surface area (Å²) in [4.78, 5) is 11.5. The topological polar surface area (TPSA) is 58.6 Å². The number of nitrogens with one attached hydrogen (secondary N) is 1. The van der Waals surface area contributed by atoms with Crippen molar-refractivity contribution in [3.8, 4) is 5.75 Å². The van der Waals surface area contributed by atoms with Crippen molar-refractivity contribution in [2.45, 2.75) is 13.0 Å². The van der Waals surface area contributed by atoms with Crippen LogP contribution < -0.4 is 10.1 Å². The summed E-state index contributed by atoms with van der Waals surface area (Å²) >= 11 is 0. The fourth-order valence-corrected chi connectivity index (χ4v) is 2.16. The van der Waals surface area contributed by atoms with Crippen LogP contribution in [0.1, 0.15) is 17.2 Å². The minimum absolute atomic E-state index is 0.408. The van der Waals surface area contributed by atoms with Crippen LogP contribution in [0.25, 0.3) is 0 Å². The second-order valence-electron chi connectivity index (χ2n) is 4.67. The predicted molar refractivity (Wildman–Crippen MR) is 78.1 cm³/mol. The lowest BCUT2D eigenvalue weighted by Crippen LogP contribution is -2.21. The first-order chi connectivity index (χ1) is 10.0. The van der Waals surface area contributed by atoms with Crippen LogP contribution in [0.3, 0.4) is 0 Å². The number of rotatable bonds is 5. The van der Waals surface area contributed by atoms with Gasteiger partial charge in [-0.05, 0) is 36.8 Å². The third-order valence-corrected chi connectivity index (χ3v) is 3.05. The van der Waals surface area contributed by atoms with Crippen LogP contribution >= 0.6 is 0 Å². The van der Waals surface area contributed by atoms with Crippen LogP contribution in [0, 0.1) is 12.7 Å². The average molecular weight is 289 g/mol. The van der Waals surface area contributed by atoms with E-state index >= 15 is 0 Å². The van der Waals surface area contributed by atoms with E-state index < -0.39 is 17.8 Å². The summed E-state index contributed by atoms with van der Waals surface area (Å²) in [6.45, 7) is 1.74. The monoisotopic (exact) mass is 289 g/mol. The minimum Gasteiger partial charge on any atom is -0.496 e. The zero-order chi connectivity index (χ0) is 15.4.